The van der Waals surface area contributed by atoms with E-state index in [4.69, 9.17) is 10.5 Å². The molecular formula is C30H37N5O2. The van der Waals surface area contributed by atoms with E-state index in [2.05, 4.69) is 44.7 Å². The van der Waals surface area contributed by atoms with E-state index in [0.717, 1.165) is 61.0 Å². The summed E-state index contributed by atoms with van der Waals surface area (Å²) in [6.45, 7) is 4.36. The molecule has 7 heteroatoms. The monoisotopic (exact) mass is 499 g/mol. The third-order valence-corrected chi connectivity index (χ3v) is 7.81. The topological polar surface area (TPSA) is 89.4 Å². The lowest BCUT2D eigenvalue weighted by molar-refractivity contribution is 0.0589. The third-order valence-electron chi connectivity index (χ3n) is 7.81. The molecule has 37 heavy (non-hydrogen) atoms. The van der Waals surface area contributed by atoms with Crippen molar-refractivity contribution in [1.29, 1.82) is 0 Å². The largest absolute Gasteiger partial charge is 0.485 e. The van der Waals surface area contributed by atoms with E-state index in [0.29, 0.717) is 24.2 Å². The highest BCUT2D eigenvalue weighted by Gasteiger charge is 2.32. The molecule has 0 amide bonds. The molecule has 3 aromatic rings. The smallest absolute Gasteiger partial charge is 0.166 e. The molecule has 7 nitrogen and oxygen atoms in total. The summed E-state index contributed by atoms with van der Waals surface area (Å²) in [4.78, 5) is 6.73. The molecule has 3 N–H and O–H groups in total. The van der Waals surface area contributed by atoms with E-state index < -0.39 is 5.60 Å². The van der Waals surface area contributed by atoms with Gasteiger partial charge < -0.3 is 20.5 Å². The molecule has 2 aliphatic rings. The maximum absolute atomic E-state index is 10.8. The summed E-state index contributed by atoms with van der Waals surface area (Å²) in [6.07, 6.45) is 12.4. The molecule has 1 saturated heterocycles. The minimum atomic E-state index is -0.954. The highest BCUT2D eigenvalue weighted by atomic mass is 16.5. The number of aromatic nitrogens is 3. The average Bonchev–Trinajstić information content (AvgIpc) is 3.61. The highest BCUT2D eigenvalue weighted by molar-refractivity contribution is 5.65. The normalized spacial score (nSPS) is 18.8. The lowest BCUT2D eigenvalue weighted by Gasteiger charge is -2.28. The van der Waals surface area contributed by atoms with Crippen molar-refractivity contribution in [3.05, 3.63) is 60.0 Å². The quantitative estimate of drug-likeness (QED) is 0.479. The maximum atomic E-state index is 10.8. The van der Waals surface area contributed by atoms with Gasteiger partial charge in [-0.3, -0.25) is 4.68 Å². The van der Waals surface area contributed by atoms with Crippen LogP contribution in [0.4, 0.5) is 5.82 Å². The first-order chi connectivity index (χ1) is 17.9. The predicted octanol–water partition coefficient (Wildman–Crippen LogP) is 4.67. The van der Waals surface area contributed by atoms with Crippen molar-refractivity contribution in [2.45, 2.75) is 63.7 Å². The fraction of sp³-hybridized carbons (Fsp3) is 0.467. The molecule has 3 heterocycles. The molecule has 1 atom stereocenters. The first-order valence-electron chi connectivity index (χ1n) is 13.3. The number of nitrogens with two attached hydrogens (primary N) is 1. The number of piperidine rings is 1. The third kappa shape index (κ3) is 6.15. The second kappa shape index (κ2) is 11.0. The highest BCUT2D eigenvalue weighted by Crippen LogP contribution is 2.34. The summed E-state index contributed by atoms with van der Waals surface area (Å²) in [7, 11) is 2.16. The van der Waals surface area contributed by atoms with E-state index in [1.807, 2.05) is 43.5 Å². The number of pyridine rings is 1. The summed E-state index contributed by atoms with van der Waals surface area (Å²) in [6, 6.07) is 10.3. The van der Waals surface area contributed by atoms with Crippen molar-refractivity contribution in [3.8, 4) is 28.7 Å². The van der Waals surface area contributed by atoms with Crippen LogP contribution in [-0.2, 0) is 6.61 Å². The Kier molecular flexibility index (Phi) is 7.50. The molecule has 1 unspecified atom stereocenters. The van der Waals surface area contributed by atoms with Gasteiger partial charge >= 0.3 is 0 Å². The van der Waals surface area contributed by atoms with Gasteiger partial charge in [-0.25, -0.2) is 4.98 Å². The number of ether oxygens (including phenoxy) is 1. The van der Waals surface area contributed by atoms with Crippen LogP contribution < -0.4 is 10.5 Å². The zero-order valence-electron chi connectivity index (χ0n) is 21.9. The number of anilines is 1. The van der Waals surface area contributed by atoms with Gasteiger partial charge in [-0.2, -0.15) is 5.10 Å². The van der Waals surface area contributed by atoms with Crippen molar-refractivity contribution in [2.75, 3.05) is 25.9 Å². The van der Waals surface area contributed by atoms with Gasteiger partial charge in [0.05, 0.1) is 12.2 Å². The first-order valence-corrected chi connectivity index (χ1v) is 13.3. The minimum absolute atomic E-state index is 0.255. The summed E-state index contributed by atoms with van der Waals surface area (Å²) in [5.74, 6) is 7.43. The molecule has 1 saturated carbocycles. The van der Waals surface area contributed by atoms with Gasteiger partial charge in [0.2, 0.25) is 0 Å². The summed E-state index contributed by atoms with van der Waals surface area (Å²) < 4.78 is 8.16. The molecule has 0 bridgehead atoms. The van der Waals surface area contributed by atoms with Gasteiger partial charge in [-0.15, -0.1) is 0 Å². The van der Waals surface area contributed by atoms with Crippen LogP contribution in [0.3, 0.4) is 0 Å². The van der Waals surface area contributed by atoms with Crippen molar-refractivity contribution in [2.24, 2.45) is 5.92 Å². The molecule has 5 rings (SSSR count). The second-order valence-corrected chi connectivity index (χ2v) is 10.7. The number of hydrogen-bond acceptors (Lipinski definition) is 6. The number of nitrogen functional groups attached to an aromatic ring is 1. The van der Waals surface area contributed by atoms with Crippen LogP contribution in [0.25, 0.3) is 11.1 Å². The van der Waals surface area contributed by atoms with Gasteiger partial charge in [-0.05, 0) is 82.4 Å². The molecular weight excluding hydrogens is 462 g/mol. The van der Waals surface area contributed by atoms with Gasteiger partial charge in [0.15, 0.2) is 11.6 Å². The van der Waals surface area contributed by atoms with Gasteiger partial charge in [0, 0.05) is 29.1 Å². The summed E-state index contributed by atoms with van der Waals surface area (Å²) in [5, 5.41) is 15.4. The second-order valence-electron chi connectivity index (χ2n) is 10.7. The van der Waals surface area contributed by atoms with E-state index in [1.54, 1.807) is 6.20 Å². The minimum Gasteiger partial charge on any atom is -0.485 e. The van der Waals surface area contributed by atoms with Crippen LogP contribution in [-0.4, -0.2) is 50.5 Å². The van der Waals surface area contributed by atoms with Crippen LogP contribution in [0.5, 0.6) is 5.75 Å². The van der Waals surface area contributed by atoms with Crippen molar-refractivity contribution in [3.63, 3.8) is 0 Å². The summed E-state index contributed by atoms with van der Waals surface area (Å²) in [5.41, 5.74) is 8.96. The number of likely N-dealkylation sites (tertiary alicyclic amines) is 1. The lowest BCUT2D eigenvalue weighted by atomic mass is 9.88. The van der Waals surface area contributed by atoms with Crippen LogP contribution in [0, 0.1) is 17.8 Å². The molecule has 0 spiro atoms. The molecule has 2 aromatic heterocycles. The number of nitrogens with zero attached hydrogens (tertiary/aromatic N) is 4. The Morgan fingerprint density at radius 1 is 1.11 bits per heavy atom. The molecule has 1 aromatic carbocycles. The van der Waals surface area contributed by atoms with Gasteiger partial charge in [-0.1, -0.05) is 36.8 Å². The lowest BCUT2D eigenvalue weighted by Crippen LogP contribution is -2.31. The fourth-order valence-corrected chi connectivity index (χ4v) is 5.36. The Bertz CT molecular complexity index is 1270. The number of hydrogen-bond donors (Lipinski definition) is 2. The maximum Gasteiger partial charge on any atom is 0.166 e. The van der Waals surface area contributed by atoms with Gasteiger partial charge in [0.25, 0.3) is 0 Å². The Hall–Kier alpha value is -3.34. The van der Waals surface area contributed by atoms with E-state index in [1.165, 1.54) is 12.8 Å². The van der Waals surface area contributed by atoms with Crippen LogP contribution >= 0.6 is 0 Å². The SMILES string of the molecule is CN1CCC(n2cc(-c3cnc(N)c(OCc4cccc(C#CC(C)(O)C5CCCC5)c4)c3)cn2)CC1. The summed E-state index contributed by atoms with van der Waals surface area (Å²) >= 11 is 0. The zero-order valence-corrected chi connectivity index (χ0v) is 21.9. The molecule has 2 fully saturated rings. The van der Waals surface area contributed by atoms with Gasteiger partial charge in [0.1, 0.15) is 12.2 Å². The van der Waals surface area contributed by atoms with Crippen molar-refractivity contribution >= 4 is 5.82 Å². The van der Waals surface area contributed by atoms with Crippen molar-refractivity contribution < 1.29 is 9.84 Å². The van der Waals surface area contributed by atoms with Crippen LogP contribution in [0.1, 0.15) is 62.6 Å². The Labute approximate surface area is 219 Å². The van der Waals surface area contributed by atoms with E-state index in [-0.39, 0.29) is 5.92 Å². The van der Waals surface area contributed by atoms with E-state index >= 15 is 0 Å². The molecule has 1 aliphatic heterocycles. The van der Waals surface area contributed by atoms with Crippen molar-refractivity contribution in [1.82, 2.24) is 19.7 Å². The number of aliphatic hydroxyl groups is 1. The van der Waals surface area contributed by atoms with E-state index in [9.17, 15) is 5.11 Å². The van der Waals surface area contributed by atoms with Crippen LogP contribution in [0.2, 0.25) is 0 Å². The number of benzene rings is 1. The Balaban J connectivity index is 1.25. The van der Waals surface area contributed by atoms with Crippen LogP contribution in [0.15, 0.2) is 48.9 Å². The number of rotatable bonds is 6. The zero-order chi connectivity index (χ0) is 25.8. The standard InChI is InChI=1S/C30H37N5O2/c1-30(36,26-8-3-4-9-26)13-10-22-6-5-7-23(16-22)21-37-28-17-24(18-32-29(28)31)25-19-33-35(20-25)27-11-14-34(2)15-12-27/h5-7,16-20,26-27,36H,3-4,8-9,11-12,14-15,21H2,1-2H3,(H2,31,32). The molecule has 1 aliphatic carbocycles. The average molecular weight is 500 g/mol. The fourth-order valence-electron chi connectivity index (χ4n) is 5.36. The molecule has 194 valence electrons. The Morgan fingerprint density at radius 3 is 2.68 bits per heavy atom. The molecule has 0 radical (unpaired) electrons. The Morgan fingerprint density at radius 2 is 1.89 bits per heavy atom. The first kappa shape index (κ1) is 25.3. The predicted molar refractivity (Wildman–Crippen MR) is 146 cm³/mol.